The van der Waals surface area contributed by atoms with Crippen LogP contribution in [0.25, 0.3) is 0 Å². The maximum atomic E-state index is 12.8. The van der Waals surface area contributed by atoms with E-state index in [-0.39, 0.29) is 17.7 Å². The number of piperidine rings is 1. The summed E-state index contributed by atoms with van der Waals surface area (Å²) in [6, 6.07) is 10.5. The molecule has 0 saturated carbocycles. The Hall–Kier alpha value is -3.09. The van der Waals surface area contributed by atoms with Crippen molar-refractivity contribution in [2.24, 2.45) is 5.92 Å². The predicted molar refractivity (Wildman–Crippen MR) is 101 cm³/mol. The van der Waals surface area contributed by atoms with Gasteiger partial charge in [0.1, 0.15) is 5.82 Å². The van der Waals surface area contributed by atoms with Crippen LogP contribution in [-0.4, -0.2) is 49.0 Å². The van der Waals surface area contributed by atoms with Gasteiger partial charge in [-0.3, -0.25) is 9.59 Å². The molecular weight excluding hydrogens is 346 g/mol. The van der Waals surface area contributed by atoms with E-state index < -0.39 is 0 Å². The zero-order valence-electron chi connectivity index (χ0n) is 15.5. The Morgan fingerprint density at radius 2 is 1.81 bits per heavy atom. The zero-order chi connectivity index (χ0) is 19.2. The third-order valence-corrected chi connectivity index (χ3v) is 4.70. The minimum absolute atomic E-state index is 0.0492. The van der Waals surface area contributed by atoms with Gasteiger partial charge < -0.3 is 19.7 Å². The summed E-state index contributed by atoms with van der Waals surface area (Å²) in [7, 11) is 3.10. The van der Waals surface area contributed by atoms with Crippen molar-refractivity contribution in [2.75, 3.05) is 32.6 Å². The topological polar surface area (TPSA) is 80.8 Å². The molecular formula is C20H23N3O4. The first-order chi connectivity index (χ1) is 13.1. The first kappa shape index (κ1) is 18.7. The van der Waals surface area contributed by atoms with Crippen LogP contribution in [-0.2, 0) is 4.79 Å². The van der Waals surface area contributed by atoms with Gasteiger partial charge in [0.05, 0.1) is 14.2 Å². The third kappa shape index (κ3) is 4.36. The van der Waals surface area contributed by atoms with Crippen molar-refractivity contribution in [2.45, 2.75) is 12.8 Å². The van der Waals surface area contributed by atoms with Crippen molar-refractivity contribution in [3.05, 3.63) is 48.2 Å². The molecule has 2 heterocycles. The van der Waals surface area contributed by atoms with E-state index in [1.807, 2.05) is 6.07 Å². The lowest BCUT2D eigenvalue weighted by Crippen LogP contribution is -2.41. The quantitative estimate of drug-likeness (QED) is 0.876. The molecule has 0 atom stereocenters. The number of pyridine rings is 1. The average molecular weight is 369 g/mol. The summed E-state index contributed by atoms with van der Waals surface area (Å²) in [4.78, 5) is 31.0. The van der Waals surface area contributed by atoms with Crippen LogP contribution in [0.3, 0.4) is 0 Å². The summed E-state index contributed by atoms with van der Waals surface area (Å²) in [6.45, 7) is 1.07. The highest BCUT2D eigenvalue weighted by Gasteiger charge is 2.28. The van der Waals surface area contributed by atoms with Crippen molar-refractivity contribution in [1.82, 2.24) is 9.88 Å². The maximum absolute atomic E-state index is 12.8. The highest BCUT2D eigenvalue weighted by molar-refractivity contribution is 5.95. The zero-order valence-corrected chi connectivity index (χ0v) is 15.5. The van der Waals surface area contributed by atoms with Gasteiger partial charge in [0.25, 0.3) is 5.91 Å². The van der Waals surface area contributed by atoms with E-state index in [9.17, 15) is 9.59 Å². The largest absolute Gasteiger partial charge is 0.493 e. The molecule has 0 spiro atoms. The van der Waals surface area contributed by atoms with Crippen LogP contribution in [0.2, 0.25) is 0 Å². The van der Waals surface area contributed by atoms with E-state index in [4.69, 9.17) is 9.47 Å². The van der Waals surface area contributed by atoms with Gasteiger partial charge in [-0.25, -0.2) is 4.98 Å². The molecule has 7 nitrogen and oxygen atoms in total. The standard InChI is InChI=1S/C20H23N3O4/c1-26-16-7-6-15(13-17(16)27-2)20(25)23-11-8-14(9-12-23)19(24)22-18-5-3-4-10-21-18/h3-7,10,13-14H,8-9,11-12H2,1-2H3,(H,21,22,24). The fourth-order valence-corrected chi connectivity index (χ4v) is 3.16. The Morgan fingerprint density at radius 3 is 2.44 bits per heavy atom. The number of nitrogens with one attached hydrogen (secondary N) is 1. The molecule has 2 amide bonds. The van der Waals surface area contributed by atoms with Gasteiger partial charge in [-0.05, 0) is 43.2 Å². The molecule has 0 radical (unpaired) electrons. The van der Waals surface area contributed by atoms with Crippen LogP contribution in [0, 0.1) is 5.92 Å². The van der Waals surface area contributed by atoms with Crippen LogP contribution >= 0.6 is 0 Å². The summed E-state index contributed by atoms with van der Waals surface area (Å²) >= 11 is 0. The number of aromatic nitrogens is 1. The minimum atomic E-state index is -0.124. The number of nitrogens with zero attached hydrogens (tertiary/aromatic N) is 2. The second-order valence-electron chi connectivity index (χ2n) is 6.34. The van der Waals surface area contributed by atoms with Gasteiger partial charge >= 0.3 is 0 Å². The Balaban J connectivity index is 1.58. The molecule has 0 unspecified atom stereocenters. The number of rotatable bonds is 5. The molecule has 27 heavy (non-hydrogen) atoms. The van der Waals surface area contributed by atoms with Gasteiger partial charge in [-0.1, -0.05) is 6.07 Å². The lowest BCUT2D eigenvalue weighted by molar-refractivity contribution is -0.121. The second kappa shape index (κ2) is 8.53. The Labute approximate surface area is 158 Å². The van der Waals surface area contributed by atoms with E-state index >= 15 is 0 Å². The average Bonchev–Trinajstić information content (AvgIpc) is 2.73. The Bertz CT molecular complexity index is 802. The molecule has 1 N–H and O–H groups in total. The number of likely N-dealkylation sites (tertiary alicyclic amines) is 1. The number of ether oxygens (including phenoxy) is 2. The van der Waals surface area contributed by atoms with E-state index in [2.05, 4.69) is 10.3 Å². The number of carbonyl (C=O) groups is 2. The normalized spacial score (nSPS) is 14.5. The maximum Gasteiger partial charge on any atom is 0.253 e. The van der Waals surface area contributed by atoms with Crippen LogP contribution < -0.4 is 14.8 Å². The van der Waals surface area contributed by atoms with Gasteiger partial charge in [-0.15, -0.1) is 0 Å². The first-order valence-electron chi connectivity index (χ1n) is 8.85. The van der Waals surface area contributed by atoms with E-state index in [0.717, 1.165) is 0 Å². The molecule has 7 heteroatoms. The molecule has 1 aromatic heterocycles. The Morgan fingerprint density at radius 1 is 1.07 bits per heavy atom. The number of anilines is 1. The second-order valence-corrected chi connectivity index (χ2v) is 6.34. The van der Waals surface area contributed by atoms with E-state index in [1.165, 1.54) is 7.11 Å². The van der Waals surface area contributed by atoms with Gasteiger partial charge in [-0.2, -0.15) is 0 Å². The summed E-state index contributed by atoms with van der Waals surface area (Å²) in [5.41, 5.74) is 0.545. The molecule has 2 aromatic rings. The number of carbonyl (C=O) groups excluding carboxylic acids is 2. The van der Waals surface area contributed by atoms with Crippen molar-refractivity contribution >= 4 is 17.6 Å². The first-order valence-corrected chi connectivity index (χ1v) is 8.85. The van der Waals surface area contributed by atoms with Gasteiger partial charge in [0, 0.05) is 30.8 Å². The fraction of sp³-hybridized carbons (Fsp3) is 0.350. The molecule has 1 aliphatic heterocycles. The number of benzene rings is 1. The number of methoxy groups -OCH3 is 2. The van der Waals surface area contributed by atoms with Crippen LogP contribution in [0.4, 0.5) is 5.82 Å². The van der Waals surface area contributed by atoms with Crippen LogP contribution in [0.5, 0.6) is 11.5 Å². The molecule has 0 aliphatic carbocycles. The Kier molecular flexibility index (Phi) is 5.90. The molecule has 0 bridgehead atoms. The molecule has 142 valence electrons. The van der Waals surface area contributed by atoms with Gasteiger partial charge in [0.2, 0.25) is 5.91 Å². The fourth-order valence-electron chi connectivity index (χ4n) is 3.16. The molecule has 1 saturated heterocycles. The highest BCUT2D eigenvalue weighted by Crippen LogP contribution is 2.29. The number of hydrogen-bond donors (Lipinski definition) is 1. The minimum Gasteiger partial charge on any atom is -0.493 e. The van der Waals surface area contributed by atoms with Crippen molar-refractivity contribution < 1.29 is 19.1 Å². The lowest BCUT2D eigenvalue weighted by atomic mass is 9.95. The summed E-state index contributed by atoms with van der Waals surface area (Å²) in [5.74, 6) is 1.41. The summed E-state index contributed by atoms with van der Waals surface area (Å²) in [6.07, 6.45) is 2.88. The summed E-state index contributed by atoms with van der Waals surface area (Å²) in [5, 5.41) is 2.83. The predicted octanol–water partition coefficient (Wildman–Crippen LogP) is 2.59. The summed E-state index contributed by atoms with van der Waals surface area (Å²) < 4.78 is 10.5. The van der Waals surface area contributed by atoms with E-state index in [1.54, 1.807) is 48.5 Å². The van der Waals surface area contributed by atoms with Crippen LogP contribution in [0.15, 0.2) is 42.6 Å². The van der Waals surface area contributed by atoms with Crippen LogP contribution in [0.1, 0.15) is 23.2 Å². The van der Waals surface area contributed by atoms with Crippen molar-refractivity contribution in [3.63, 3.8) is 0 Å². The lowest BCUT2D eigenvalue weighted by Gasteiger charge is -2.31. The number of amides is 2. The number of hydrogen-bond acceptors (Lipinski definition) is 5. The van der Waals surface area contributed by atoms with Gasteiger partial charge in [0.15, 0.2) is 11.5 Å². The molecule has 3 rings (SSSR count). The van der Waals surface area contributed by atoms with E-state index in [0.29, 0.717) is 48.8 Å². The molecule has 1 fully saturated rings. The highest BCUT2D eigenvalue weighted by atomic mass is 16.5. The smallest absolute Gasteiger partial charge is 0.253 e. The SMILES string of the molecule is COc1ccc(C(=O)N2CCC(C(=O)Nc3ccccn3)CC2)cc1OC. The van der Waals surface area contributed by atoms with Crippen molar-refractivity contribution in [3.8, 4) is 11.5 Å². The third-order valence-electron chi connectivity index (χ3n) is 4.70. The molecule has 1 aliphatic rings. The monoisotopic (exact) mass is 369 g/mol. The molecule has 1 aromatic carbocycles. The van der Waals surface area contributed by atoms with Crippen molar-refractivity contribution in [1.29, 1.82) is 0 Å².